The van der Waals surface area contributed by atoms with E-state index >= 15 is 0 Å². The number of rotatable bonds is 6. The fourth-order valence-corrected chi connectivity index (χ4v) is 2.26. The van der Waals surface area contributed by atoms with Crippen molar-refractivity contribution in [1.29, 1.82) is 0 Å². The molecule has 0 amide bonds. The van der Waals surface area contributed by atoms with Crippen LogP contribution in [0.3, 0.4) is 0 Å². The van der Waals surface area contributed by atoms with Crippen LogP contribution in [0.25, 0.3) is 0 Å². The van der Waals surface area contributed by atoms with E-state index in [4.69, 9.17) is 5.11 Å². The molecule has 0 radical (unpaired) electrons. The van der Waals surface area contributed by atoms with Crippen molar-refractivity contribution in [3.05, 3.63) is 29.8 Å². The fourth-order valence-electron chi connectivity index (χ4n) is 1.60. The van der Waals surface area contributed by atoms with E-state index in [0.29, 0.717) is 0 Å². The summed E-state index contributed by atoms with van der Waals surface area (Å²) < 4.78 is 0. The van der Waals surface area contributed by atoms with Gasteiger partial charge in [0.15, 0.2) is 0 Å². The molecule has 0 aliphatic carbocycles. The van der Waals surface area contributed by atoms with Gasteiger partial charge >= 0.3 is 0 Å². The van der Waals surface area contributed by atoms with Gasteiger partial charge in [0.1, 0.15) is 0 Å². The molecule has 2 unspecified atom stereocenters. The smallest absolute Gasteiger partial charge is 0.0582 e. The Morgan fingerprint density at radius 2 is 1.88 bits per heavy atom. The quantitative estimate of drug-likeness (QED) is 0.749. The molecule has 0 aliphatic rings. The Balaban J connectivity index is 2.59. The largest absolute Gasteiger partial charge is 0.395 e. The number of nitrogens with one attached hydrogen (secondary N) is 1. The average molecular weight is 239 g/mol. The molecule has 1 aromatic carbocycles. The van der Waals surface area contributed by atoms with Crippen molar-refractivity contribution in [2.24, 2.45) is 0 Å². The Labute approximate surface area is 102 Å². The maximum atomic E-state index is 8.98. The molecule has 2 nitrogen and oxygen atoms in total. The first-order valence-corrected chi connectivity index (χ1v) is 6.75. The van der Waals surface area contributed by atoms with E-state index in [1.807, 2.05) is 18.7 Å². The number of thioether (sulfide) groups is 1. The molecule has 2 N–H and O–H groups in total. The maximum Gasteiger partial charge on any atom is 0.0582 e. The molecule has 1 aromatic rings. The standard InChI is InChI=1S/C13H21NOS/c1-4-16-13-7-5-12(6-8-13)11(3)14-10(2)9-15/h5-8,10-11,14-15H,4,9H2,1-3H3. The van der Waals surface area contributed by atoms with Crippen LogP contribution in [0.5, 0.6) is 0 Å². The summed E-state index contributed by atoms with van der Waals surface area (Å²) in [5, 5.41) is 12.3. The summed E-state index contributed by atoms with van der Waals surface area (Å²) in [7, 11) is 0. The average Bonchev–Trinajstić information content (AvgIpc) is 2.30. The summed E-state index contributed by atoms with van der Waals surface area (Å²) in [6.45, 7) is 6.44. The van der Waals surface area contributed by atoms with Gasteiger partial charge < -0.3 is 10.4 Å². The number of hydrogen-bond acceptors (Lipinski definition) is 3. The van der Waals surface area contributed by atoms with Crippen molar-refractivity contribution >= 4 is 11.8 Å². The van der Waals surface area contributed by atoms with Crippen molar-refractivity contribution < 1.29 is 5.11 Å². The molecule has 0 spiro atoms. The zero-order valence-corrected chi connectivity index (χ0v) is 11.1. The van der Waals surface area contributed by atoms with Gasteiger partial charge in [-0.2, -0.15) is 0 Å². The van der Waals surface area contributed by atoms with Crippen LogP contribution in [0, 0.1) is 0 Å². The minimum absolute atomic E-state index is 0.139. The molecule has 0 saturated carbocycles. The molecular weight excluding hydrogens is 218 g/mol. The number of benzene rings is 1. The zero-order valence-electron chi connectivity index (χ0n) is 10.2. The molecule has 0 bridgehead atoms. The third-order valence-electron chi connectivity index (χ3n) is 2.50. The van der Waals surface area contributed by atoms with Gasteiger partial charge in [-0.05, 0) is 37.3 Å². The van der Waals surface area contributed by atoms with E-state index in [0.717, 1.165) is 5.75 Å². The molecule has 2 atom stereocenters. The number of aliphatic hydroxyl groups is 1. The second-order valence-electron chi connectivity index (χ2n) is 3.97. The predicted octanol–water partition coefficient (Wildman–Crippen LogP) is 2.83. The van der Waals surface area contributed by atoms with Crippen LogP contribution in [0.1, 0.15) is 32.4 Å². The Morgan fingerprint density at radius 1 is 1.25 bits per heavy atom. The Morgan fingerprint density at radius 3 is 2.38 bits per heavy atom. The maximum absolute atomic E-state index is 8.98. The van der Waals surface area contributed by atoms with Gasteiger partial charge in [0.2, 0.25) is 0 Å². The zero-order chi connectivity index (χ0) is 12.0. The lowest BCUT2D eigenvalue weighted by Crippen LogP contribution is -2.31. The summed E-state index contributed by atoms with van der Waals surface area (Å²) in [6, 6.07) is 9.04. The second kappa shape index (κ2) is 6.94. The molecule has 0 heterocycles. The van der Waals surface area contributed by atoms with E-state index in [9.17, 15) is 0 Å². The van der Waals surface area contributed by atoms with Crippen LogP contribution in [-0.2, 0) is 0 Å². The highest BCUT2D eigenvalue weighted by molar-refractivity contribution is 7.99. The lowest BCUT2D eigenvalue weighted by atomic mass is 10.1. The van der Waals surface area contributed by atoms with Crippen LogP contribution in [-0.4, -0.2) is 23.5 Å². The highest BCUT2D eigenvalue weighted by Gasteiger charge is 2.08. The van der Waals surface area contributed by atoms with Crippen LogP contribution in [0.2, 0.25) is 0 Å². The summed E-state index contributed by atoms with van der Waals surface area (Å²) in [6.07, 6.45) is 0. The third kappa shape index (κ3) is 4.16. The normalized spacial score (nSPS) is 14.8. The predicted molar refractivity (Wildman–Crippen MR) is 70.9 cm³/mol. The third-order valence-corrected chi connectivity index (χ3v) is 3.39. The number of hydrogen-bond donors (Lipinski definition) is 2. The van der Waals surface area contributed by atoms with Crippen molar-refractivity contribution in [3.8, 4) is 0 Å². The summed E-state index contributed by atoms with van der Waals surface area (Å²) in [5.41, 5.74) is 1.26. The topological polar surface area (TPSA) is 32.3 Å². The van der Waals surface area contributed by atoms with E-state index < -0.39 is 0 Å². The van der Waals surface area contributed by atoms with E-state index in [1.54, 1.807) is 0 Å². The Bertz CT molecular complexity index is 299. The Hall–Kier alpha value is -0.510. The van der Waals surface area contributed by atoms with Gasteiger partial charge in [-0.1, -0.05) is 19.1 Å². The lowest BCUT2D eigenvalue weighted by Gasteiger charge is -2.18. The molecule has 0 aliphatic heterocycles. The molecule has 16 heavy (non-hydrogen) atoms. The van der Waals surface area contributed by atoms with Crippen LogP contribution < -0.4 is 5.32 Å². The van der Waals surface area contributed by atoms with Gasteiger partial charge in [0, 0.05) is 17.0 Å². The van der Waals surface area contributed by atoms with Crippen molar-refractivity contribution in [1.82, 2.24) is 5.32 Å². The molecule has 0 fully saturated rings. The van der Waals surface area contributed by atoms with Gasteiger partial charge in [-0.3, -0.25) is 0 Å². The summed E-state index contributed by atoms with van der Waals surface area (Å²) >= 11 is 1.85. The lowest BCUT2D eigenvalue weighted by molar-refractivity contribution is 0.243. The van der Waals surface area contributed by atoms with Crippen molar-refractivity contribution in [2.75, 3.05) is 12.4 Å². The van der Waals surface area contributed by atoms with Gasteiger partial charge in [-0.25, -0.2) is 0 Å². The Kier molecular flexibility index (Phi) is 5.88. The van der Waals surface area contributed by atoms with Crippen molar-refractivity contribution in [3.63, 3.8) is 0 Å². The first kappa shape index (κ1) is 13.6. The summed E-state index contributed by atoms with van der Waals surface area (Å²) in [5.74, 6) is 1.11. The van der Waals surface area contributed by atoms with Crippen LogP contribution >= 0.6 is 11.8 Å². The van der Waals surface area contributed by atoms with Gasteiger partial charge in [0.05, 0.1) is 6.61 Å². The van der Waals surface area contributed by atoms with Gasteiger partial charge in [-0.15, -0.1) is 11.8 Å². The minimum atomic E-state index is 0.139. The first-order chi connectivity index (χ1) is 7.67. The van der Waals surface area contributed by atoms with E-state index in [2.05, 4.69) is 43.4 Å². The fraction of sp³-hybridized carbons (Fsp3) is 0.538. The van der Waals surface area contributed by atoms with E-state index in [-0.39, 0.29) is 18.7 Å². The molecule has 3 heteroatoms. The van der Waals surface area contributed by atoms with Crippen molar-refractivity contribution in [2.45, 2.75) is 37.8 Å². The molecular formula is C13H21NOS. The number of aliphatic hydroxyl groups excluding tert-OH is 1. The molecule has 0 saturated heterocycles. The van der Waals surface area contributed by atoms with Crippen LogP contribution in [0.15, 0.2) is 29.2 Å². The second-order valence-corrected chi connectivity index (χ2v) is 5.31. The molecule has 90 valence electrons. The molecule has 1 rings (SSSR count). The molecule has 0 aromatic heterocycles. The monoisotopic (exact) mass is 239 g/mol. The van der Waals surface area contributed by atoms with E-state index in [1.165, 1.54) is 10.5 Å². The minimum Gasteiger partial charge on any atom is -0.395 e. The van der Waals surface area contributed by atoms with Gasteiger partial charge in [0.25, 0.3) is 0 Å². The van der Waals surface area contributed by atoms with Crippen LogP contribution in [0.4, 0.5) is 0 Å². The highest BCUT2D eigenvalue weighted by Crippen LogP contribution is 2.20. The highest BCUT2D eigenvalue weighted by atomic mass is 32.2. The summed E-state index contributed by atoms with van der Waals surface area (Å²) in [4.78, 5) is 1.31. The SMILES string of the molecule is CCSc1ccc(C(C)NC(C)CO)cc1. The first-order valence-electron chi connectivity index (χ1n) is 5.77.